The predicted octanol–water partition coefficient (Wildman–Crippen LogP) is 4.25. The summed E-state index contributed by atoms with van der Waals surface area (Å²) in [6.45, 7) is 0. The lowest BCUT2D eigenvalue weighted by Crippen LogP contribution is -2.69. The highest BCUT2D eigenvalue weighted by molar-refractivity contribution is 5.15. The largest absolute Gasteiger partial charge is 0.460 e. The molecule has 0 saturated heterocycles. The minimum Gasteiger partial charge on any atom is -0.192 e. The van der Waals surface area contributed by atoms with Crippen LogP contribution in [-0.4, -0.2) is 35.8 Å². The van der Waals surface area contributed by atoms with Crippen molar-refractivity contribution >= 4 is 0 Å². The van der Waals surface area contributed by atoms with Crippen molar-refractivity contribution in [3.05, 3.63) is 0 Å². The van der Waals surface area contributed by atoms with E-state index < -0.39 is 41.9 Å². The van der Waals surface area contributed by atoms with Crippen molar-refractivity contribution in [2.45, 2.75) is 35.8 Å². The van der Waals surface area contributed by atoms with Crippen molar-refractivity contribution in [2.24, 2.45) is 0 Å². The van der Waals surface area contributed by atoms with Crippen LogP contribution in [0.3, 0.4) is 0 Å². The van der Waals surface area contributed by atoms with Crippen molar-refractivity contribution in [3.8, 4) is 6.07 Å². The van der Waals surface area contributed by atoms with Crippen molar-refractivity contribution < 1.29 is 57.1 Å². The Kier molecular flexibility index (Phi) is 4.23. The second kappa shape index (κ2) is 4.54. The molecule has 0 bridgehead atoms. The van der Waals surface area contributed by atoms with Crippen LogP contribution in [0.1, 0.15) is 0 Å². The molecular formula is C7F13N. The highest BCUT2D eigenvalue weighted by Crippen LogP contribution is 2.59. The number of hydrogen-bond donors (Lipinski definition) is 0. The Labute approximate surface area is 105 Å². The lowest BCUT2D eigenvalue weighted by molar-refractivity contribution is -0.435. The van der Waals surface area contributed by atoms with Gasteiger partial charge in [-0.15, -0.1) is 0 Å². The molecule has 0 unspecified atom stereocenters. The van der Waals surface area contributed by atoms with Crippen LogP contribution in [0, 0.1) is 11.3 Å². The van der Waals surface area contributed by atoms with E-state index in [1.807, 2.05) is 0 Å². The summed E-state index contributed by atoms with van der Waals surface area (Å²) in [5.74, 6) is -37.8. The summed E-state index contributed by atoms with van der Waals surface area (Å²) >= 11 is 0. The fourth-order valence-electron chi connectivity index (χ4n) is 0.840. The molecule has 0 saturated carbocycles. The minimum absolute atomic E-state index is 0.873. The van der Waals surface area contributed by atoms with Gasteiger partial charge < -0.3 is 0 Å². The van der Waals surface area contributed by atoms with Gasteiger partial charge >= 0.3 is 35.8 Å². The van der Waals surface area contributed by atoms with E-state index in [2.05, 4.69) is 0 Å². The van der Waals surface area contributed by atoms with Gasteiger partial charge in [0.25, 0.3) is 0 Å². The SMILES string of the molecule is N#CC(F)(F)C(F)(F)C(F)(F)C(F)(F)C(F)(F)C(F)(F)F. The third kappa shape index (κ3) is 2.35. The van der Waals surface area contributed by atoms with Crippen LogP contribution in [0.2, 0.25) is 0 Å². The molecule has 0 spiro atoms. The molecular weight excluding hydrogens is 345 g/mol. The molecule has 0 aliphatic carbocycles. The second-order valence-corrected chi connectivity index (χ2v) is 3.48. The van der Waals surface area contributed by atoms with E-state index in [-0.39, 0.29) is 0 Å². The van der Waals surface area contributed by atoms with E-state index in [0.29, 0.717) is 0 Å². The van der Waals surface area contributed by atoms with E-state index in [1.165, 1.54) is 0 Å². The number of alkyl halides is 13. The number of nitrogens with zero attached hydrogens (tertiary/aromatic N) is 1. The van der Waals surface area contributed by atoms with Crippen molar-refractivity contribution in [2.75, 3.05) is 0 Å². The maximum Gasteiger partial charge on any atom is 0.460 e. The van der Waals surface area contributed by atoms with Gasteiger partial charge in [-0.2, -0.15) is 62.3 Å². The van der Waals surface area contributed by atoms with Gasteiger partial charge in [-0.25, -0.2) is 0 Å². The van der Waals surface area contributed by atoms with E-state index in [0.717, 1.165) is 0 Å². The summed E-state index contributed by atoms with van der Waals surface area (Å²) in [7, 11) is 0. The number of hydrogen-bond acceptors (Lipinski definition) is 1. The van der Waals surface area contributed by atoms with Gasteiger partial charge in [0, 0.05) is 0 Å². The molecule has 0 aliphatic heterocycles. The first-order valence-corrected chi connectivity index (χ1v) is 4.18. The normalized spacial score (nSPS) is 15.8. The summed E-state index contributed by atoms with van der Waals surface area (Å²) in [5, 5.41) is 7.45. The Morgan fingerprint density at radius 3 is 1.00 bits per heavy atom. The first kappa shape index (κ1) is 19.6. The van der Waals surface area contributed by atoms with Gasteiger partial charge in [-0.1, -0.05) is 0 Å². The number of rotatable bonds is 4. The van der Waals surface area contributed by atoms with Gasteiger partial charge in [0.1, 0.15) is 6.07 Å². The van der Waals surface area contributed by atoms with Gasteiger partial charge in [0.15, 0.2) is 0 Å². The molecule has 0 rings (SSSR count). The zero-order chi connectivity index (χ0) is 17.7. The van der Waals surface area contributed by atoms with Crippen LogP contribution < -0.4 is 0 Å². The average Bonchev–Trinajstić information content (AvgIpc) is 2.26. The molecule has 14 heteroatoms. The van der Waals surface area contributed by atoms with Crippen LogP contribution >= 0.6 is 0 Å². The minimum atomic E-state index is -7.96. The summed E-state index contributed by atoms with van der Waals surface area (Å²) in [6.07, 6.45) is -7.45. The third-order valence-corrected chi connectivity index (χ3v) is 2.07. The lowest BCUT2D eigenvalue weighted by atomic mass is 9.94. The molecule has 1 nitrogen and oxygen atoms in total. The molecule has 0 amide bonds. The van der Waals surface area contributed by atoms with Crippen LogP contribution in [0.15, 0.2) is 0 Å². The van der Waals surface area contributed by atoms with Crippen molar-refractivity contribution in [1.82, 2.24) is 0 Å². The molecule has 21 heavy (non-hydrogen) atoms. The Hall–Kier alpha value is -1.42. The lowest BCUT2D eigenvalue weighted by Gasteiger charge is -2.38. The molecule has 0 atom stereocenters. The topological polar surface area (TPSA) is 23.8 Å². The van der Waals surface area contributed by atoms with Gasteiger partial charge in [0.2, 0.25) is 0 Å². The third-order valence-electron chi connectivity index (χ3n) is 2.07. The van der Waals surface area contributed by atoms with Crippen LogP contribution in [0.5, 0.6) is 0 Å². The van der Waals surface area contributed by atoms with Gasteiger partial charge in [0.05, 0.1) is 0 Å². The second-order valence-electron chi connectivity index (χ2n) is 3.48. The van der Waals surface area contributed by atoms with Crippen molar-refractivity contribution in [1.29, 1.82) is 5.26 Å². The molecule has 0 radical (unpaired) electrons. The Bertz CT molecular complexity index is 438. The summed E-state index contributed by atoms with van der Waals surface area (Å²) < 4.78 is 159. The Morgan fingerprint density at radius 1 is 0.476 bits per heavy atom. The fraction of sp³-hybridized carbons (Fsp3) is 0.857. The molecule has 0 fully saturated rings. The molecule has 0 aromatic rings. The monoisotopic (exact) mass is 345 g/mol. The zero-order valence-corrected chi connectivity index (χ0v) is 8.86. The van der Waals surface area contributed by atoms with E-state index >= 15 is 0 Å². The maximum atomic E-state index is 12.6. The highest BCUT2D eigenvalue weighted by atomic mass is 19.4. The number of halogens is 13. The average molecular weight is 345 g/mol. The summed E-state index contributed by atoms with van der Waals surface area (Å²) in [6, 6.07) is -0.873. The van der Waals surface area contributed by atoms with Gasteiger partial charge in [-0.05, 0) is 0 Å². The molecule has 0 heterocycles. The predicted molar refractivity (Wildman–Crippen MR) is 36.4 cm³/mol. The van der Waals surface area contributed by atoms with Crippen LogP contribution in [0.4, 0.5) is 57.1 Å². The highest BCUT2D eigenvalue weighted by Gasteiger charge is 2.91. The first-order chi connectivity index (χ1) is 8.81. The molecule has 124 valence electrons. The van der Waals surface area contributed by atoms with E-state index in [9.17, 15) is 57.1 Å². The van der Waals surface area contributed by atoms with E-state index in [1.54, 1.807) is 0 Å². The first-order valence-electron chi connectivity index (χ1n) is 4.18. The van der Waals surface area contributed by atoms with Crippen molar-refractivity contribution in [3.63, 3.8) is 0 Å². The fourth-order valence-corrected chi connectivity index (χ4v) is 0.840. The quantitative estimate of drug-likeness (QED) is 0.699. The van der Waals surface area contributed by atoms with Crippen LogP contribution in [-0.2, 0) is 0 Å². The molecule has 0 aliphatic rings. The molecule has 0 aromatic heterocycles. The maximum absolute atomic E-state index is 12.6. The summed E-state index contributed by atoms with van der Waals surface area (Å²) in [4.78, 5) is 0. The van der Waals surface area contributed by atoms with Gasteiger partial charge in [-0.3, -0.25) is 0 Å². The summed E-state index contributed by atoms with van der Waals surface area (Å²) in [5.41, 5.74) is 0. The molecule has 0 aromatic carbocycles. The Morgan fingerprint density at radius 2 is 0.762 bits per heavy atom. The van der Waals surface area contributed by atoms with Crippen LogP contribution in [0.25, 0.3) is 0 Å². The standard InChI is InChI=1S/C7F13N/c8-2(9,1-21)3(10,11)4(12,13)5(14,15)6(16,17)7(18,19)20. The zero-order valence-electron chi connectivity index (χ0n) is 8.86. The number of nitriles is 1. The molecule has 0 N–H and O–H groups in total. The smallest absolute Gasteiger partial charge is 0.192 e. The van der Waals surface area contributed by atoms with E-state index in [4.69, 9.17) is 5.26 Å². The Balaban J connectivity index is 6.22.